The highest BCUT2D eigenvalue weighted by Crippen LogP contribution is 2.34. The Morgan fingerprint density at radius 1 is 1.24 bits per heavy atom. The van der Waals surface area contributed by atoms with E-state index in [1.807, 2.05) is 0 Å². The molecule has 112 valence electrons. The summed E-state index contributed by atoms with van der Waals surface area (Å²) in [6.07, 6.45) is 5.86. The molecule has 21 heavy (non-hydrogen) atoms. The quantitative estimate of drug-likeness (QED) is 0.797. The van der Waals surface area contributed by atoms with E-state index in [1.165, 1.54) is 12.1 Å². The second kappa shape index (κ2) is 5.95. The normalized spacial score (nSPS) is 22.5. The Kier molecular flexibility index (Phi) is 4.20. The van der Waals surface area contributed by atoms with E-state index in [4.69, 9.17) is 28.9 Å². The fourth-order valence-corrected chi connectivity index (χ4v) is 3.37. The molecule has 1 saturated carbocycles. The minimum atomic E-state index is -0.494. The second-order valence-electron chi connectivity index (χ2n) is 5.55. The van der Waals surface area contributed by atoms with Gasteiger partial charge in [0.2, 0.25) is 0 Å². The van der Waals surface area contributed by atoms with Crippen molar-refractivity contribution in [1.82, 2.24) is 9.97 Å². The summed E-state index contributed by atoms with van der Waals surface area (Å²) in [6.45, 7) is 0. The molecule has 0 amide bonds. The number of imidazole rings is 1. The summed E-state index contributed by atoms with van der Waals surface area (Å²) in [5, 5.41) is 0.415. The highest BCUT2D eigenvalue weighted by Gasteiger charge is 2.23. The van der Waals surface area contributed by atoms with Crippen LogP contribution in [0.2, 0.25) is 10.0 Å². The van der Waals surface area contributed by atoms with Crippen LogP contribution in [0.15, 0.2) is 18.3 Å². The van der Waals surface area contributed by atoms with E-state index in [9.17, 15) is 4.39 Å². The van der Waals surface area contributed by atoms with E-state index in [0.29, 0.717) is 22.2 Å². The van der Waals surface area contributed by atoms with Crippen LogP contribution in [0, 0.1) is 5.82 Å². The van der Waals surface area contributed by atoms with Crippen molar-refractivity contribution in [3.05, 3.63) is 40.0 Å². The molecule has 0 saturated heterocycles. The molecule has 1 aromatic heterocycles. The molecule has 3 nitrogen and oxygen atoms in total. The highest BCUT2D eigenvalue weighted by atomic mass is 35.5. The van der Waals surface area contributed by atoms with Gasteiger partial charge in [0.05, 0.1) is 21.9 Å². The molecule has 3 rings (SSSR count). The minimum absolute atomic E-state index is 0.0155. The van der Waals surface area contributed by atoms with Gasteiger partial charge in [-0.3, -0.25) is 0 Å². The van der Waals surface area contributed by atoms with Crippen molar-refractivity contribution in [3.8, 4) is 11.3 Å². The molecule has 1 aromatic carbocycles. The first-order valence-electron chi connectivity index (χ1n) is 7.00. The topological polar surface area (TPSA) is 54.7 Å². The van der Waals surface area contributed by atoms with E-state index in [1.54, 1.807) is 6.20 Å². The van der Waals surface area contributed by atoms with Gasteiger partial charge in [0.1, 0.15) is 11.6 Å². The average molecular weight is 328 g/mol. The van der Waals surface area contributed by atoms with E-state index in [0.717, 1.165) is 31.5 Å². The van der Waals surface area contributed by atoms with Crippen LogP contribution in [0.1, 0.15) is 37.4 Å². The number of benzene rings is 1. The van der Waals surface area contributed by atoms with E-state index >= 15 is 0 Å². The monoisotopic (exact) mass is 327 g/mol. The van der Waals surface area contributed by atoms with Crippen molar-refractivity contribution >= 4 is 23.2 Å². The molecule has 6 heteroatoms. The van der Waals surface area contributed by atoms with Gasteiger partial charge >= 0.3 is 0 Å². The van der Waals surface area contributed by atoms with Crippen LogP contribution in [0.3, 0.4) is 0 Å². The van der Waals surface area contributed by atoms with Crippen molar-refractivity contribution in [2.24, 2.45) is 5.73 Å². The third-order valence-electron chi connectivity index (χ3n) is 4.00. The maximum Gasteiger partial charge on any atom is 0.142 e. The summed E-state index contributed by atoms with van der Waals surface area (Å²) in [6, 6.07) is 2.97. The minimum Gasteiger partial charge on any atom is -0.342 e. The van der Waals surface area contributed by atoms with Crippen LogP contribution in [0.25, 0.3) is 11.3 Å². The van der Waals surface area contributed by atoms with Gasteiger partial charge in [-0.15, -0.1) is 0 Å². The molecular formula is C15H16Cl2FN3. The molecule has 1 aliphatic carbocycles. The lowest BCUT2D eigenvalue weighted by Gasteiger charge is -2.24. The van der Waals surface area contributed by atoms with Crippen LogP contribution in [0.5, 0.6) is 0 Å². The molecule has 1 fully saturated rings. The lowest BCUT2D eigenvalue weighted by Crippen LogP contribution is -2.27. The number of aromatic amines is 1. The fourth-order valence-electron chi connectivity index (χ4n) is 2.89. The molecule has 0 aliphatic heterocycles. The number of nitrogens with one attached hydrogen (secondary N) is 1. The van der Waals surface area contributed by atoms with Crippen LogP contribution in [0.4, 0.5) is 4.39 Å². The average Bonchev–Trinajstić information content (AvgIpc) is 2.92. The number of hydrogen-bond acceptors (Lipinski definition) is 2. The predicted molar refractivity (Wildman–Crippen MR) is 83.2 cm³/mol. The van der Waals surface area contributed by atoms with Crippen molar-refractivity contribution in [2.45, 2.75) is 37.6 Å². The Morgan fingerprint density at radius 3 is 2.81 bits per heavy atom. The number of H-pyrrole nitrogens is 1. The summed E-state index contributed by atoms with van der Waals surface area (Å²) in [7, 11) is 0. The second-order valence-corrected chi connectivity index (χ2v) is 6.37. The van der Waals surface area contributed by atoms with Crippen molar-refractivity contribution in [3.63, 3.8) is 0 Å². The van der Waals surface area contributed by atoms with Gasteiger partial charge in [0.15, 0.2) is 0 Å². The molecule has 2 aromatic rings. The smallest absolute Gasteiger partial charge is 0.142 e. The van der Waals surface area contributed by atoms with Gasteiger partial charge in [-0.05, 0) is 31.4 Å². The Hall–Kier alpha value is -1.10. The Balaban J connectivity index is 1.90. The summed E-state index contributed by atoms with van der Waals surface area (Å²) >= 11 is 11.9. The molecule has 0 spiro atoms. The number of hydrogen-bond donors (Lipinski definition) is 2. The molecule has 0 bridgehead atoms. The first kappa shape index (κ1) is 14.8. The standard InChI is InChI=1S/C15H16Cl2FN3/c16-11-6-12(17)13(18)5-10(11)14-7-20-15(21-14)8-2-1-3-9(19)4-8/h5-9H,1-4,19H2,(H,20,21). The lowest BCUT2D eigenvalue weighted by molar-refractivity contribution is 0.383. The molecule has 2 unspecified atom stereocenters. The molecule has 1 aliphatic rings. The first-order chi connectivity index (χ1) is 10.0. The van der Waals surface area contributed by atoms with Gasteiger partial charge in [0, 0.05) is 17.5 Å². The molecule has 2 atom stereocenters. The zero-order chi connectivity index (χ0) is 15.0. The highest BCUT2D eigenvalue weighted by molar-refractivity contribution is 6.36. The van der Waals surface area contributed by atoms with Crippen molar-refractivity contribution < 1.29 is 4.39 Å². The van der Waals surface area contributed by atoms with Crippen molar-refractivity contribution in [1.29, 1.82) is 0 Å². The third kappa shape index (κ3) is 3.07. The third-order valence-corrected chi connectivity index (χ3v) is 4.60. The Labute approximate surface area is 132 Å². The summed E-state index contributed by atoms with van der Waals surface area (Å²) in [4.78, 5) is 7.67. The van der Waals surface area contributed by atoms with Gasteiger partial charge in [0.25, 0.3) is 0 Å². The predicted octanol–water partition coefficient (Wildman–Crippen LogP) is 4.51. The first-order valence-corrected chi connectivity index (χ1v) is 7.75. The SMILES string of the molecule is NC1CCCC(c2ncc(-c3cc(F)c(Cl)cc3Cl)[nH]2)C1. The maximum absolute atomic E-state index is 13.6. The Morgan fingerprint density at radius 2 is 2.05 bits per heavy atom. The largest absolute Gasteiger partial charge is 0.342 e. The van der Waals surface area contributed by atoms with Crippen LogP contribution in [-0.4, -0.2) is 16.0 Å². The zero-order valence-corrected chi connectivity index (χ0v) is 12.9. The van der Waals surface area contributed by atoms with Gasteiger partial charge in [-0.1, -0.05) is 29.6 Å². The summed E-state index contributed by atoms with van der Waals surface area (Å²) < 4.78 is 13.6. The summed E-state index contributed by atoms with van der Waals surface area (Å²) in [5.41, 5.74) is 7.28. The van der Waals surface area contributed by atoms with E-state index in [2.05, 4.69) is 9.97 Å². The number of rotatable bonds is 2. The Bertz CT molecular complexity index is 656. The van der Waals surface area contributed by atoms with Crippen LogP contribution >= 0.6 is 23.2 Å². The molecule has 1 heterocycles. The number of nitrogens with two attached hydrogens (primary N) is 1. The van der Waals surface area contributed by atoms with Crippen LogP contribution in [-0.2, 0) is 0 Å². The fraction of sp³-hybridized carbons (Fsp3) is 0.400. The maximum atomic E-state index is 13.6. The zero-order valence-electron chi connectivity index (χ0n) is 11.4. The molecule has 0 radical (unpaired) electrons. The van der Waals surface area contributed by atoms with Gasteiger partial charge in [-0.25, -0.2) is 9.37 Å². The van der Waals surface area contributed by atoms with Crippen LogP contribution < -0.4 is 5.73 Å². The van der Waals surface area contributed by atoms with Crippen molar-refractivity contribution in [2.75, 3.05) is 0 Å². The number of nitrogens with zero attached hydrogens (tertiary/aromatic N) is 1. The van der Waals surface area contributed by atoms with Gasteiger partial charge < -0.3 is 10.7 Å². The van der Waals surface area contributed by atoms with E-state index < -0.39 is 5.82 Å². The lowest BCUT2D eigenvalue weighted by atomic mass is 9.86. The van der Waals surface area contributed by atoms with Gasteiger partial charge in [-0.2, -0.15) is 0 Å². The van der Waals surface area contributed by atoms with E-state index in [-0.39, 0.29) is 11.1 Å². The molecule has 3 N–H and O–H groups in total. The molecular weight excluding hydrogens is 312 g/mol. The number of aromatic nitrogens is 2. The summed E-state index contributed by atoms with van der Waals surface area (Å²) in [5.74, 6) is 0.733. The number of halogens is 3.